The zero-order valence-electron chi connectivity index (χ0n) is 59.4. The van der Waals surface area contributed by atoms with E-state index in [4.69, 9.17) is 14.4 Å². The number of hydrogen-bond donors (Lipinski definition) is 0. The van der Waals surface area contributed by atoms with E-state index in [9.17, 15) is 10.5 Å². The van der Waals surface area contributed by atoms with Gasteiger partial charge in [0.05, 0.1) is 55.2 Å². The highest BCUT2D eigenvalue weighted by Gasteiger charge is 2.23. The average Bonchev–Trinajstić information content (AvgIpc) is 1.58. The number of benzene rings is 16. The molecule has 0 saturated heterocycles. The molecule has 514 valence electrons. The summed E-state index contributed by atoms with van der Waals surface area (Å²) in [5, 5.41) is 35.5. The molecule has 23 rings (SSSR count). The van der Waals surface area contributed by atoms with Crippen molar-refractivity contribution < 1.29 is 4.42 Å². The summed E-state index contributed by atoms with van der Waals surface area (Å²) in [6.07, 6.45) is 0. The summed E-state index contributed by atoms with van der Waals surface area (Å²) in [5.74, 6) is 1.07. The fourth-order valence-corrected chi connectivity index (χ4v) is 17.2. The number of nitriles is 2. The second-order valence-corrected chi connectivity index (χ2v) is 28.2. The third kappa shape index (κ3) is 9.97. The first-order chi connectivity index (χ1) is 54.9. The molecule has 0 N–H and O–H groups in total. The van der Waals surface area contributed by atoms with Crippen molar-refractivity contribution in [2.45, 2.75) is 0 Å². The molecule has 0 unspecified atom stereocenters. The van der Waals surface area contributed by atoms with Crippen LogP contribution >= 0.6 is 0 Å². The fraction of sp³-hybridized carbons (Fsp3) is 0. The second kappa shape index (κ2) is 25.0. The molecular weight excluding hydrogens is 1360 g/mol. The van der Waals surface area contributed by atoms with Crippen LogP contribution in [-0.2, 0) is 0 Å². The molecule has 0 spiro atoms. The lowest BCUT2D eigenvalue weighted by atomic mass is 9.98. The molecule has 0 bridgehead atoms. The maximum Gasteiger partial charge on any atom is 0.161 e. The molecule has 11 nitrogen and oxygen atoms in total. The number of para-hydroxylation sites is 7. The van der Waals surface area contributed by atoms with Crippen molar-refractivity contribution in [2.24, 2.45) is 0 Å². The fourth-order valence-electron chi connectivity index (χ4n) is 17.2. The zero-order chi connectivity index (χ0) is 73.4. The first-order valence-corrected chi connectivity index (χ1v) is 37.0. The van der Waals surface area contributed by atoms with Gasteiger partial charge < -0.3 is 22.7 Å². The number of rotatable bonds is 8. The smallest absolute Gasteiger partial charge is 0.161 e. The van der Waals surface area contributed by atoms with Gasteiger partial charge in [-0.3, -0.25) is 0 Å². The van der Waals surface area contributed by atoms with Crippen LogP contribution < -0.4 is 0 Å². The molecule has 0 fully saturated rings. The van der Waals surface area contributed by atoms with E-state index in [2.05, 4.69) is 307 Å². The van der Waals surface area contributed by atoms with Gasteiger partial charge in [-0.15, -0.1) is 0 Å². The molecule has 7 heterocycles. The van der Waals surface area contributed by atoms with Crippen LogP contribution in [0.5, 0.6) is 0 Å². The lowest BCUT2D eigenvalue weighted by molar-refractivity contribution is 0.669. The molecule has 23 aromatic rings. The Morgan fingerprint density at radius 3 is 1.12 bits per heavy atom. The van der Waals surface area contributed by atoms with Crippen molar-refractivity contribution in [3.05, 3.63) is 363 Å². The average molecular weight is 1420 g/mol. The Hall–Kier alpha value is -15.6. The van der Waals surface area contributed by atoms with E-state index in [0.717, 1.165) is 122 Å². The minimum Gasteiger partial charge on any atom is -0.456 e. The molecule has 0 aliphatic carbocycles. The minimum atomic E-state index is 0.376. The number of nitrogens with zero attached hydrogens (tertiary/aromatic N) is 10. The van der Waals surface area contributed by atoms with E-state index in [1.807, 2.05) is 84.9 Å². The molecule has 0 radical (unpaired) electrons. The van der Waals surface area contributed by atoms with Crippen LogP contribution in [0.2, 0.25) is 0 Å². The van der Waals surface area contributed by atoms with Crippen LogP contribution in [0.1, 0.15) is 11.4 Å². The van der Waals surface area contributed by atoms with Gasteiger partial charge in [-0.2, -0.15) is 10.5 Å². The SMILES string of the molecule is N#Cc1nc(-c2ccc(-n3c4ccccc4c4c(-c5ccc6c7ccccc7n(-c7ccc8ccccc8c7)c6c5)cccc43)cc2)nc2ccccc12.N#Cc1nc(-c2ccc(-n3c4ccccc4c4c(-c5ccc6c7ccccc7n(-c7ccc8oc9ccccc9c8c7)c6c5)cccc43)cc2)nc2ccccc12. The van der Waals surface area contributed by atoms with Crippen molar-refractivity contribution in [2.75, 3.05) is 0 Å². The maximum absolute atomic E-state index is 9.84. The first-order valence-electron chi connectivity index (χ1n) is 37.0. The van der Waals surface area contributed by atoms with E-state index in [1.165, 1.54) is 76.0 Å². The highest BCUT2D eigenvalue weighted by Crippen LogP contribution is 2.45. The second-order valence-electron chi connectivity index (χ2n) is 28.2. The third-order valence-electron chi connectivity index (χ3n) is 22.2. The molecule has 7 aromatic heterocycles. The van der Waals surface area contributed by atoms with Crippen molar-refractivity contribution in [3.63, 3.8) is 0 Å². The Kier molecular flexibility index (Phi) is 14.2. The minimum absolute atomic E-state index is 0.376. The number of fused-ring (bicyclic) bond motifs is 18. The van der Waals surface area contributed by atoms with Gasteiger partial charge >= 0.3 is 0 Å². The largest absolute Gasteiger partial charge is 0.456 e. The van der Waals surface area contributed by atoms with E-state index in [0.29, 0.717) is 23.0 Å². The monoisotopic (exact) mass is 1410 g/mol. The van der Waals surface area contributed by atoms with E-state index >= 15 is 0 Å². The van der Waals surface area contributed by atoms with Gasteiger partial charge in [0.15, 0.2) is 23.0 Å². The van der Waals surface area contributed by atoms with Crippen LogP contribution in [0, 0.1) is 22.7 Å². The van der Waals surface area contributed by atoms with Crippen molar-refractivity contribution >= 4 is 142 Å². The predicted molar refractivity (Wildman–Crippen MR) is 452 cm³/mol. The van der Waals surface area contributed by atoms with Gasteiger partial charge in [-0.05, 0) is 191 Å². The Morgan fingerprint density at radius 1 is 0.234 bits per heavy atom. The molecular formula is C100H58N10O. The summed E-state index contributed by atoms with van der Waals surface area (Å²) in [5.41, 5.74) is 23.9. The molecule has 0 atom stereocenters. The standard InChI is InChI=1S/C51H29N5O.C49H29N5/c52-30-43-39-12-1-5-15-42(39)53-51(54-43)31-20-23-33(24-21-31)55-45-17-7-3-13-40(45)50-35(14-9-18-46(50)55)32-22-26-37-36-10-2-6-16-44(36)56(47(37)28-32)34-25-27-49-41(29-34)38-11-4-8-19-48(38)57-49;50-30-43-40-13-3-6-16-42(40)51-49(52-43)32-21-24-35(25-22-32)53-45-18-8-5-14-41(45)48-37(15-9-19-46(48)53)34-23-27-39-38-12-4-7-17-44(38)54(47(39)29-34)36-26-20-31-10-1-2-11-33(31)28-36/h1-29H;1-29H. The first kappa shape index (κ1) is 62.8. The van der Waals surface area contributed by atoms with Crippen LogP contribution in [-0.4, -0.2) is 38.2 Å². The number of aromatic nitrogens is 8. The van der Waals surface area contributed by atoms with E-state index < -0.39 is 0 Å². The Morgan fingerprint density at radius 2 is 0.604 bits per heavy atom. The number of furan rings is 1. The van der Waals surface area contributed by atoms with Gasteiger partial charge in [-0.1, -0.05) is 194 Å². The molecule has 111 heavy (non-hydrogen) atoms. The number of hydrogen-bond acceptors (Lipinski definition) is 7. The van der Waals surface area contributed by atoms with Gasteiger partial charge in [0.2, 0.25) is 0 Å². The molecule has 0 aliphatic heterocycles. The Bertz CT molecular complexity index is 7930. The van der Waals surface area contributed by atoms with Crippen LogP contribution in [0.25, 0.3) is 210 Å². The van der Waals surface area contributed by atoms with E-state index in [-0.39, 0.29) is 0 Å². The summed E-state index contributed by atoms with van der Waals surface area (Å²) in [7, 11) is 0. The van der Waals surface area contributed by atoms with Crippen molar-refractivity contribution in [1.82, 2.24) is 38.2 Å². The molecule has 0 saturated carbocycles. The highest BCUT2D eigenvalue weighted by atomic mass is 16.3. The summed E-state index contributed by atoms with van der Waals surface area (Å²) in [6, 6.07) is 128. The molecule has 0 aliphatic rings. The molecule has 0 amide bonds. The highest BCUT2D eigenvalue weighted by molar-refractivity contribution is 6.20. The quantitative estimate of drug-likeness (QED) is 0.148. The van der Waals surface area contributed by atoms with Gasteiger partial charge in [0.1, 0.15) is 23.3 Å². The lowest BCUT2D eigenvalue weighted by Crippen LogP contribution is -1.97. The van der Waals surface area contributed by atoms with Crippen molar-refractivity contribution in [3.8, 4) is 79.9 Å². The normalized spacial score (nSPS) is 11.8. The lowest BCUT2D eigenvalue weighted by Gasteiger charge is -2.12. The van der Waals surface area contributed by atoms with Crippen LogP contribution in [0.4, 0.5) is 0 Å². The maximum atomic E-state index is 9.84. The molecule has 16 aromatic carbocycles. The summed E-state index contributed by atoms with van der Waals surface area (Å²) in [6.45, 7) is 0. The van der Waals surface area contributed by atoms with Crippen molar-refractivity contribution in [1.29, 1.82) is 10.5 Å². The van der Waals surface area contributed by atoms with Crippen LogP contribution in [0.3, 0.4) is 0 Å². The summed E-state index contributed by atoms with van der Waals surface area (Å²) >= 11 is 0. The summed E-state index contributed by atoms with van der Waals surface area (Å²) in [4.78, 5) is 18.8. The summed E-state index contributed by atoms with van der Waals surface area (Å²) < 4.78 is 15.7. The van der Waals surface area contributed by atoms with Gasteiger partial charge in [0, 0.05) is 98.5 Å². The Labute approximate surface area is 634 Å². The van der Waals surface area contributed by atoms with Gasteiger partial charge in [0.25, 0.3) is 0 Å². The van der Waals surface area contributed by atoms with E-state index in [1.54, 1.807) is 0 Å². The Balaban J connectivity index is 0.000000137. The van der Waals surface area contributed by atoms with Crippen LogP contribution in [0.15, 0.2) is 356 Å². The van der Waals surface area contributed by atoms with Gasteiger partial charge in [-0.25, -0.2) is 19.9 Å². The third-order valence-corrected chi connectivity index (χ3v) is 22.2. The predicted octanol–water partition coefficient (Wildman–Crippen LogP) is 25.1. The molecule has 11 heteroatoms. The topological polar surface area (TPSA) is 132 Å². The zero-order valence-corrected chi connectivity index (χ0v) is 59.4.